The maximum atomic E-state index is 12.1. The topological polar surface area (TPSA) is 52.5 Å². The van der Waals surface area contributed by atoms with Crippen molar-refractivity contribution >= 4 is 45.7 Å². The Labute approximate surface area is 161 Å². The van der Waals surface area contributed by atoms with Crippen LogP contribution in [0.5, 0.6) is 5.75 Å². The number of aromatic nitrogens is 1. The van der Waals surface area contributed by atoms with Gasteiger partial charge in [-0.1, -0.05) is 23.2 Å². The van der Waals surface area contributed by atoms with Gasteiger partial charge >= 0.3 is 0 Å². The van der Waals surface area contributed by atoms with Gasteiger partial charge in [-0.3, -0.25) is 4.79 Å². The van der Waals surface area contributed by atoms with Crippen LogP contribution in [-0.4, -0.2) is 30.8 Å². The Balaban J connectivity index is 1.60. The molecule has 0 radical (unpaired) electrons. The van der Waals surface area contributed by atoms with Crippen LogP contribution in [0.4, 0.5) is 5.69 Å². The average Bonchev–Trinajstić information content (AvgIpc) is 3.03. The highest BCUT2D eigenvalue weighted by Gasteiger charge is 2.07. The zero-order chi connectivity index (χ0) is 18.5. The summed E-state index contributed by atoms with van der Waals surface area (Å²) >= 11 is 11.8. The molecule has 0 saturated heterocycles. The molecule has 1 amide bonds. The summed E-state index contributed by atoms with van der Waals surface area (Å²) in [5.74, 6) is 0.231. The summed E-state index contributed by atoms with van der Waals surface area (Å²) in [6.07, 6.45) is 2.00. The first-order valence-electron chi connectivity index (χ1n) is 8.02. The Bertz CT molecular complexity index is 924. The maximum absolute atomic E-state index is 12.1. The molecular formula is C19H18Cl2N2O3. The number of hydrogen-bond donors (Lipinski definition) is 1. The van der Waals surface area contributed by atoms with Gasteiger partial charge < -0.3 is 19.4 Å². The highest BCUT2D eigenvalue weighted by molar-refractivity contribution is 6.42. The number of ether oxygens (including phenoxy) is 2. The molecule has 0 saturated carbocycles. The van der Waals surface area contributed by atoms with Gasteiger partial charge in [0.2, 0.25) is 0 Å². The fraction of sp³-hybridized carbons (Fsp3) is 0.211. The van der Waals surface area contributed by atoms with Crippen molar-refractivity contribution in [2.75, 3.05) is 25.6 Å². The second kappa shape index (κ2) is 8.45. The molecule has 0 bridgehead atoms. The number of fused-ring (bicyclic) bond motifs is 1. The number of amides is 1. The summed E-state index contributed by atoms with van der Waals surface area (Å²) in [7, 11) is 1.68. The Morgan fingerprint density at radius 1 is 1.12 bits per heavy atom. The van der Waals surface area contributed by atoms with Crippen molar-refractivity contribution < 1.29 is 14.3 Å². The molecule has 0 aliphatic rings. The van der Waals surface area contributed by atoms with Crippen LogP contribution in [0.25, 0.3) is 10.9 Å². The van der Waals surface area contributed by atoms with Crippen LogP contribution in [0.15, 0.2) is 48.7 Å². The molecule has 0 unspecified atom stereocenters. The Morgan fingerprint density at radius 2 is 1.96 bits per heavy atom. The fourth-order valence-corrected chi connectivity index (χ4v) is 2.86. The minimum atomic E-state index is -0.255. The predicted octanol–water partition coefficient (Wildman–Crippen LogP) is 4.61. The van der Waals surface area contributed by atoms with Crippen molar-refractivity contribution in [1.29, 1.82) is 0 Å². The lowest BCUT2D eigenvalue weighted by Crippen LogP contribution is -2.20. The van der Waals surface area contributed by atoms with Gasteiger partial charge in [0.05, 0.1) is 16.7 Å². The molecule has 7 heteroatoms. The van der Waals surface area contributed by atoms with Gasteiger partial charge in [-0.15, -0.1) is 0 Å². The third-order valence-electron chi connectivity index (χ3n) is 3.85. The molecule has 3 aromatic rings. The van der Waals surface area contributed by atoms with Crippen LogP contribution in [0.3, 0.4) is 0 Å². The van der Waals surface area contributed by atoms with Crippen molar-refractivity contribution in [2.24, 2.45) is 0 Å². The monoisotopic (exact) mass is 392 g/mol. The van der Waals surface area contributed by atoms with E-state index in [9.17, 15) is 4.79 Å². The molecule has 3 rings (SSSR count). The quantitative estimate of drug-likeness (QED) is 0.638. The zero-order valence-corrected chi connectivity index (χ0v) is 15.7. The van der Waals surface area contributed by atoms with Crippen molar-refractivity contribution in [1.82, 2.24) is 4.57 Å². The molecule has 0 atom stereocenters. The van der Waals surface area contributed by atoms with Gasteiger partial charge in [-0.05, 0) is 36.4 Å². The molecule has 1 heterocycles. The number of methoxy groups -OCH3 is 1. The summed E-state index contributed by atoms with van der Waals surface area (Å²) in [5, 5.41) is 4.69. The minimum absolute atomic E-state index is 0.120. The van der Waals surface area contributed by atoms with Gasteiger partial charge in [0, 0.05) is 42.5 Å². The smallest absolute Gasteiger partial charge is 0.262 e. The first-order chi connectivity index (χ1) is 12.6. The van der Waals surface area contributed by atoms with E-state index < -0.39 is 0 Å². The average molecular weight is 393 g/mol. The molecule has 0 fully saturated rings. The van der Waals surface area contributed by atoms with Crippen LogP contribution in [-0.2, 0) is 16.1 Å². The van der Waals surface area contributed by atoms with Gasteiger partial charge in [-0.2, -0.15) is 0 Å². The molecule has 2 aromatic carbocycles. The number of halogens is 2. The van der Waals surface area contributed by atoms with Crippen LogP contribution in [0.2, 0.25) is 10.0 Å². The van der Waals surface area contributed by atoms with E-state index in [1.807, 2.05) is 30.5 Å². The summed E-state index contributed by atoms with van der Waals surface area (Å²) in [5.41, 5.74) is 1.80. The number of nitrogens with one attached hydrogen (secondary N) is 1. The Kier molecular flexibility index (Phi) is 6.04. The SMILES string of the molecule is COCCn1ccc2cc(NC(=O)COc3ccc(Cl)c(Cl)c3)ccc21. The zero-order valence-electron chi connectivity index (χ0n) is 14.2. The lowest BCUT2D eigenvalue weighted by Gasteiger charge is -2.09. The Morgan fingerprint density at radius 3 is 2.73 bits per heavy atom. The standard InChI is InChI=1S/C19H18Cl2N2O3/c1-25-9-8-23-7-6-13-10-14(2-5-18(13)23)22-19(24)12-26-15-3-4-16(20)17(21)11-15/h2-7,10-11H,8-9,12H2,1H3,(H,22,24). The normalized spacial score (nSPS) is 10.9. The second-order valence-corrected chi connectivity index (χ2v) is 6.50. The summed E-state index contributed by atoms with van der Waals surface area (Å²) in [4.78, 5) is 12.1. The number of anilines is 1. The van der Waals surface area contributed by atoms with E-state index in [2.05, 4.69) is 9.88 Å². The Hall–Kier alpha value is -2.21. The third kappa shape index (κ3) is 4.49. The fourth-order valence-electron chi connectivity index (χ4n) is 2.58. The highest BCUT2D eigenvalue weighted by Crippen LogP contribution is 2.26. The van der Waals surface area contributed by atoms with Gasteiger partial charge in [0.15, 0.2) is 6.61 Å². The van der Waals surface area contributed by atoms with E-state index in [0.717, 1.165) is 17.4 Å². The van der Waals surface area contributed by atoms with E-state index in [-0.39, 0.29) is 12.5 Å². The molecule has 1 N–H and O–H groups in total. The third-order valence-corrected chi connectivity index (χ3v) is 4.59. The highest BCUT2D eigenvalue weighted by atomic mass is 35.5. The molecule has 0 aliphatic carbocycles. The van der Waals surface area contributed by atoms with Crippen molar-refractivity contribution in [3.8, 4) is 5.75 Å². The molecule has 0 aliphatic heterocycles. The van der Waals surface area contributed by atoms with Crippen LogP contribution < -0.4 is 10.1 Å². The number of benzene rings is 2. The van der Waals surface area contributed by atoms with Crippen LogP contribution in [0, 0.1) is 0 Å². The van der Waals surface area contributed by atoms with E-state index in [1.165, 1.54) is 0 Å². The number of rotatable bonds is 7. The molecule has 136 valence electrons. The van der Waals surface area contributed by atoms with Crippen LogP contribution >= 0.6 is 23.2 Å². The summed E-state index contributed by atoms with van der Waals surface area (Å²) in [6.45, 7) is 1.31. The number of hydrogen-bond acceptors (Lipinski definition) is 3. The van der Waals surface area contributed by atoms with E-state index >= 15 is 0 Å². The first kappa shape index (κ1) is 18.6. The molecule has 26 heavy (non-hydrogen) atoms. The molecule has 5 nitrogen and oxygen atoms in total. The predicted molar refractivity (Wildman–Crippen MR) is 104 cm³/mol. The van der Waals surface area contributed by atoms with Crippen molar-refractivity contribution in [3.63, 3.8) is 0 Å². The maximum Gasteiger partial charge on any atom is 0.262 e. The largest absolute Gasteiger partial charge is 0.484 e. The second-order valence-electron chi connectivity index (χ2n) is 5.69. The number of carbonyl (C=O) groups excluding carboxylic acids is 1. The van der Waals surface area contributed by atoms with Gasteiger partial charge in [0.25, 0.3) is 5.91 Å². The summed E-state index contributed by atoms with van der Waals surface area (Å²) < 4.78 is 12.7. The minimum Gasteiger partial charge on any atom is -0.484 e. The van der Waals surface area contributed by atoms with Gasteiger partial charge in [-0.25, -0.2) is 0 Å². The van der Waals surface area contributed by atoms with E-state index in [1.54, 1.807) is 25.3 Å². The van der Waals surface area contributed by atoms with E-state index in [4.69, 9.17) is 32.7 Å². The van der Waals surface area contributed by atoms with E-state index in [0.29, 0.717) is 28.1 Å². The summed E-state index contributed by atoms with van der Waals surface area (Å²) in [6, 6.07) is 12.6. The first-order valence-corrected chi connectivity index (χ1v) is 8.78. The molecule has 1 aromatic heterocycles. The molecule has 0 spiro atoms. The van der Waals surface area contributed by atoms with Crippen LogP contribution in [0.1, 0.15) is 0 Å². The lowest BCUT2D eigenvalue weighted by molar-refractivity contribution is -0.118. The number of carbonyl (C=O) groups is 1. The van der Waals surface area contributed by atoms with Crippen molar-refractivity contribution in [2.45, 2.75) is 6.54 Å². The lowest BCUT2D eigenvalue weighted by atomic mass is 10.2. The van der Waals surface area contributed by atoms with Gasteiger partial charge in [0.1, 0.15) is 5.75 Å². The molecular weight excluding hydrogens is 375 g/mol. The van der Waals surface area contributed by atoms with Crippen molar-refractivity contribution in [3.05, 3.63) is 58.7 Å². The number of nitrogens with zero attached hydrogens (tertiary/aromatic N) is 1.